The van der Waals surface area contributed by atoms with Gasteiger partial charge in [-0.25, -0.2) is 0 Å². The highest BCUT2D eigenvalue weighted by Crippen LogP contribution is 2.50. The van der Waals surface area contributed by atoms with E-state index in [0.29, 0.717) is 18.5 Å². The lowest BCUT2D eigenvalue weighted by Gasteiger charge is -2.17. The van der Waals surface area contributed by atoms with Crippen molar-refractivity contribution in [2.75, 3.05) is 7.11 Å². The predicted octanol–water partition coefficient (Wildman–Crippen LogP) is -0.150. The largest absolute Gasteiger partial charge is 0.468 e. The number of aromatic amines is 1. The minimum atomic E-state index is -0.838. The third-order valence-corrected chi connectivity index (χ3v) is 3.11. The molecule has 92 valence electrons. The fraction of sp³-hybridized carbons (Fsp3) is 0.556. The second-order valence-corrected chi connectivity index (χ2v) is 4.05. The van der Waals surface area contributed by atoms with Gasteiger partial charge in [0, 0.05) is 5.41 Å². The van der Waals surface area contributed by atoms with Crippen LogP contribution in [0, 0.1) is 10.1 Å². The Hall–Kier alpha value is -1.96. The van der Waals surface area contributed by atoms with Crippen LogP contribution < -0.4 is 5.73 Å². The van der Waals surface area contributed by atoms with Gasteiger partial charge in [0.25, 0.3) is 0 Å². The maximum atomic E-state index is 11.4. The summed E-state index contributed by atoms with van der Waals surface area (Å²) in [6.45, 7) is 0. The van der Waals surface area contributed by atoms with Gasteiger partial charge in [0.2, 0.25) is 0 Å². The van der Waals surface area contributed by atoms with Gasteiger partial charge in [-0.1, -0.05) is 5.10 Å². The number of carbonyl (C=O) groups is 1. The van der Waals surface area contributed by atoms with Gasteiger partial charge >= 0.3 is 11.8 Å². The third-order valence-electron chi connectivity index (χ3n) is 3.11. The molecule has 17 heavy (non-hydrogen) atoms. The zero-order chi connectivity index (χ0) is 12.6. The first-order chi connectivity index (χ1) is 8.01. The van der Waals surface area contributed by atoms with Crippen LogP contribution in [-0.2, 0) is 14.9 Å². The van der Waals surface area contributed by atoms with Crippen molar-refractivity contribution in [1.29, 1.82) is 0 Å². The lowest BCUT2D eigenvalue weighted by molar-refractivity contribution is -0.389. The van der Waals surface area contributed by atoms with Gasteiger partial charge in [0.15, 0.2) is 0 Å². The molecule has 1 aromatic rings. The van der Waals surface area contributed by atoms with E-state index in [-0.39, 0.29) is 5.82 Å². The molecule has 0 aromatic carbocycles. The van der Waals surface area contributed by atoms with Crippen molar-refractivity contribution < 1.29 is 14.5 Å². The standard InChI is InChI=1S/C9H12N4O4/c1-17-8(14)7(10)9(2-3-9)5-4-6(12-11-5)13(15)16/h4,7H,2-3,10H2,1H3,(H,11,12). The lowest BCUT2D eigenvalue weighted by Crippen LogP contribution is -2.43. The Balaban J connectivity index is 2.26. The number of nitrogens with zero attached hydrogens (tertiary/aromatic N) is 2. The Bertz CT molecular complexity index is 465. The van der Waals surface area contributed by atoms with Crippen LogP contribution in [0.5, 0.6) is 0 Å². The highest BCUT2D eigenvalue weighted by Gasteiger charge is 2.55. The zero-order valence-electron chi connectivity index (χ0n) is 9.17. The quantitative estimate of drug-likeness (QED) is 0.428. The van der Waals surface area contributed by atoms with Crippen molar-refractivity contribution >= 4 is 11.8 Å². The number of aromatic nitrogens is 2. The van der Waals surface area contributed by atoms with Crippen LogP contribution in [0.15, 0.2) is 6.07 Å². The van der Waals surface area contributed by atoms with Gasteiger partial charge in [-0.3, -0.25) is 4.79 Å². The van der Waals surface area contributed by atoms with Crippen LogP contribution in [0.2, 0.25) is 0 Å². The molecular weight excluding hydrogens is 228 g/mol. The monoisotopic (exact) mass is 240 g/mol. The molecule has 2 rings (SSSR count). The summed E-state index contributed by atoms with van der Waals surface area (Å²) in [4.78, 5) is 21.4. The number of ether oxygens (including phenoxy) is 1. The number of nitrogens with two attached hydrogens (primary N) is 1. The summed E-state index contributed by atoms with van der Waals surface area (Å²) >= 11 is 0. The molecule has 3 N–H and O–H groups in total. The predicted molar refractivity (Wildman–Crippen MR) is 56.1 cm³/mol. The maximum Gasteiger partial charge on any atom is 0.342 e. The summed E-state index contributed by atoms with van der Waals surface area (Å²) in [5, 5.41) is 16.7. The molecular formula is C9H12N4O4. The summed E-state index contributed by atoms with van der Waals surface area (Å²) in [7, 11) is 1.26. The van der Waals surface area contributed by atoms with Crippen LogP contribution in [0.1, 0.15) is 18.5 Å². The van der Waals surface area contributed by atoms with Crippen molar-refractivity contribution in [1.82, 2.24) is 10.2 Å². The highest BCUT2D eigenvalue weighted by atomic mass is 16.6. The van der Waals surface area contributed by atoms with E-state index >= 15 is 0 Å². The molecule has 1 fully saturated rings. The molecule has 1 atom stereocenters. The van der Waals surface area contributed by atoms with E-state index in [1.165, 1.54) is 13.2 Å². The first-order valence-corrected chi connectivity index (χ1v) is 5.05. The number of nitro groups is 1. The fourth-order valence-electron chi connectivity index (χ4n) is 1.87. The molecule has 8 heteroatoms. The minimum Gasteiger partial charge on any atom is -0.468 e. The van der Waals surface area contributed by atoms with Crippen LogP contribution in [0.25, 0.3) is 0 Å². The topological polar surface area (TPSA) is 124 Å². The summed E-state index contributed by atoms with van der Waals surface area (Å²) in [5.41, 5.74) is 5.62. The molecule has 1 heterocycles. The molecule has 1 unspecified atom stereocenters. The molecule has 0 bridgehead atoms. The van der Waals surface area contributed by atoms with Crippen molar-refractivity contribution in [3.05, 3.63) is 21.9 Å². The van der Waals surface area contributed by atoms with E-state index in [1.807, 2.05) is 0 Å². The first kappa shape index (κ1) is 11.5. The molecule has 0 saturated heterocycles. The van der Waals surface area contributed by atoms with Crippen LogP contribution in [0.3, 0.4) is 0 Å². The van der Waals surface area contributed by atoms with E-state index in [9.17, 15) is 14.9 Å². The van der Waals surface area contributed by atoms with E-state index in [4.69, 9.17) is 5.73 Å². The number of hydrogen-bond donors (Lipinski definition) is 2. The number of esters is 1. The van der Waals surface area contributed by atoms with Gasteiger partial charge < -0.3 is 20.6 Å². The van der Waals surface area contributed by atoms with E-state index in [1.54, 1.807) is 0 Å². The van der Waals surface area contributed by atoms with Gasteiger partial charge in [-0.05, 0) is 17.8 Å². The van der Waals surface area contributed by atoms with Crippen molar-refractivity contribution in [2.24, 2.45) is 5.73 Å². The molecule has 0 radical (unpaired) electrons. The highest BCUT2D eigenvalue weighted by molar-refractivity contribution is 5.78. The Kier molecular flexibility index (Phi) is 2.58. The van der Waals surface area contributed by atoms with Gasteiger partial charge in [0.1, 0.15) is 11.7 Å². The Labute approximate surface area is 96.3 Å². The Morgan fingerprint density at radius 2 is 2.41 bits per heavy atom. The molecule has 1 saturated carbocycles. The summed E-state index contributed by atoms with van der Waals surface area (Å²) < 4.78 is 4.58. The average Bonchev–Trinajstić information content (AvgIpc) is 2.97. The van der Waals surface area contributed by atoms with Crippen molar-refractivity contribution in [2.45, 2.75) is 24.3 Å². The minimum absolute atomic E-state index is 0.205. The van der Waals surface area contributed by atoms with Gasteiger partial charge in [-0.2, -0.15) is 0 Å². The molecule has 1 aliphatic rings. The summed E-state index contributed by atoms with van der Waals surface area (Å²) in [5.74, 6) is -0.739. The number of H-pyrrole nitrogens is 1. The fourth-order valence-corrected chi connectivity index (χ4v) is 1.87. The van der Waals surface area contributed by atoms with Crippen molar-refractivity contribution in [3.63, 3.8) is 0 Å². The van der Waals surface area contributed by atoms with Gasteiger partial charge in [0.05, 0.1) is 13.2 Å². The maximum absolute atomic E-state index is 11.4. The summed E-state index contributed by atoms with van der Waals surface area (Å²) in [6, 6.07) is 0.478. The first-order valence-electron chi connectivity index (χ1n) is 5.05. The van der Waals surface area contributed by atoms with E-state index < -0.39 is 22.3 Å². The average molecular weight is 240 g/mol. The number of carbonyl (C=O) groups excluding carboxylic acids is 1. The Morgan fingerprint density at radius 3 is 2.82 bits per heavy atom. The molecule has 1 aromatic heterocycles. The second kappa shape index (κ2) is 3.81. The second-order valence-electron chi connectivity index (χ2n) is 4.05. The molecule has 0 amide bonds. The van der Waals surface area contributed by atoms with Crippen LogP contribution in [0.4, 0.5) is 5.82 Å². The number of nitrogens with one attached hydrogen (secondary N) is 1. The number of methoxy groups -OCH3 is 1. The lowest BCUT2D eigenvalue weighted by atomic mass is 9.93. The zero-order valence-corrected chi connectivity index (χ0v) is 9.17. The molecule has 0 spiro atoms. The van der Waals surface area contributed by atoms with Crippen LogP contribution in [-0.4, -0.2) is 34.2 Å². The van der Waals surface area contributed by atoms with E-state index in [0.717, 1.165) is 0 Å². The third kappa shape index (κ3) is 1.76. The SMILES string of the molecule is COC(=O)C(N)C1(c2cc([N+](=O)[O-])[nH]n2)CC1. The van der Waals surface area contributed by atoms with Gasteiger partial charge in [-0.15, -0.1) is 5.10 Å². The van der Waals surface area contributed by atoms with E-state index in [2.05, 4.69) is 14.9 Å². The molecule has 0 aliphatic heterocycles. The van der Waals surface area contributed by atoms with Crippen LogP contribution >= 0.6 is 0 Å². The molecule has 8 nitrogen and oxygen atoms in total. The number of rotatable bonds is 4. The number of hydrogen-bond acceptors (Lipinski definition) is 6. The van der Waals surface area contributed by atoms with Crippen molar-refractivity contribution in [3.8, 4) is 0 Å². The molecule has 1 aliphatic carbocycles. The normalized spacial score (nSPS) is 18.5. The Morgan fingerprint density at radius 1 is 1.76 bits per heavy atom. The smallest absolute Gasteiger partial charge is 0.342 e. The summed E-state index contributed by atoms with van der Waals surface area (Å²) in [6.07, 6.45) is 1.34.